The molecule has 4 N–H and O–H groups in total. The summed E-state index contributed by atoms with van der Waals surface area (Å²) in [5.74, 6) is 0.144. The summed E-state index contributed by atoms with van der Waals surface area (Å²) in [7, 11) is 0. The van der Waals surface area contributed by atoms with Crippen molar-refractivity contribution in [2.45, 2.75) is 0 Å². The van der Waals surface area contributed by atoms with Crippen molar-refractivity contribution in [2.75, 3.05) is 0 Å². The number of hydrazone groups is 1. The molecular weight excluding hydrogens is 297 g/mol. The van der Waals surface area contributed by atoms with Gasteiger partial charge in [-0.15, -0.1) is 0 Å². The van der Waals surface area contributed by atoms with E-state index in [1.165, 1.54) is 12.3 Å². The Balaban J connectivity index is 2.80. The summed E-state index contributed by atoms with van der Waals surface area (Å²) in [6.07, 6.45) is 1.41. The summed E-state index contributed by atoms with van der Waals surface area (Å²) in [4.78, 5) is 10.3. The Morgan fingerprint density at radius 1 is 1.64 bits per heavy atom. The second-order valence-corrected chi connectivity index (χ2v) is 3.60. The zero-order chi connectivity index (χ0) is 10.6. The minimum absolute atomic E-state index is 0.144. The van der Waals surface area contributed by atoms with E-state index >= 15 is 0 Å². The first kappa shape index (κ1) is 10.8. The molecule has 0 fully saturated rings. The third kappa shape index (κ3) is 3.21. The van der Waals surface area contributed by atoms with Crippen LogP contribution in [0.4, 0.5) is 4.79 Å². The lowest BCUT2D eigenvalue weighted by molar-refractivity contribution is 0.249. The van der Waals surface area contributed by atoms with E-state index in [2.05, 4.69) is 33.1 Å². The minimum Gasteiger partial charge on any atom is -0.508 e. The summed E-state index contributed by atoms with van der Waals surface area (Å²) in [6.45, 7) is 0. The van der Waals surface area contributed by atoms with Crippen LogP contribution in [0.2, 0.25) is 0 Å². The first-order valence-corrected chi connectivity index (χ1v) is 4.74. The van der Waals surface area contributed by atoms with E-state index in [0.717, 1.165) is 3.57 Å². The highest BCUT2D eigenvalue weighted by molar-refractivity contribution is 14.1. The normalized spacial score (nSPS) is 10.4. The van der Waals surface area contributed by atoms with Gasteiger partial charge < -0.3 is 10.8 Å². The van der Waals surface area contributed by atoms with Crippen molar-refractivity contribution in [2.24, 2.45) is 10.8 Å². The lowest BCUT2D eigenvalue weighted by Crippen LogP contribution is -2.24. The van der Waals surface area contributed by atoms with E-state index in [9.17, 15) is 4.79 Å². The molecule has 0 spiro atoms. The second kappa shape index (κ2) is 4.80. The number of phenolic OH excluding ortho intramolecular Hbond substituents is 1. The van der Waals surface area contributed by atoms with E-state index in [1.807, 2.05) is 0 Å². The van der Waals surface area contributed by atoms with Crippen molar-refractivity contribution in [1.29, 1.82) is 0 Å². The molecular formula is C8H8IN3O2. The number of nitrogens with two attached hydrogens (primary N) is 1. The number of halogens is 1. The van der Waals surface area contributed by atoms with Gasteiger partial charge in [-0.3, -0.25) is 0 Å². The molecule has 5 nitrogen and oxygen atoms in total. The molecule has 0 aliphatic rings. The van der Waals surface area contributed by atoms with Crippen molar-refractivity contribution in [3.63, 3.8) is 0 Å². The fourth-order valence-electron chi connectivity index (χ4n) is 0.796. The number of hydrogen-bond donors (Lipinski definition) is 3. The number of rotatable bonds is 2. The topological polar surface area (TPSA) is 87.7 Å². The SMILES string of the molecule is NC(=O)NN=Cc1cc(O)ccc1I. The fraction of sp³-hybridized carbons (Fsp3) is 0. The Morgan fingerprint density at radius 2 is 2.36 bits per heavy atom. The lowest BCUT2D eigenvalue weighted by atomic mass is 10.2. The molecule has 0 aromatic heterocycles. The van der Waals surface area contributed by atoms with Crippen LogP contribution in [-0.2, 0) is 0 Å². The van der Waals surface area contributed by atoms with E-state index < -0.39 is 6.03 Å². The van der Waals surface area contributed by atoms with Crippen LogP contribution in [0.1, 0.15) is 5.56 Å². The van der Waals surface area contributed by atoms with Crippen molar-refractivity contribution in [3.8, 4) is 5.75 Å². The molecule has 0 saturated heterocycles. The Hall–Kier alpha value is -1.31. The number of urea groups is 1. The molecule has 0 heterocycles. The van der Waals surface area contributed by atoms with Crippen LogP contribution < -0.4 is 11.2 Å². The van der Waals surface area contributed by atoms with E-state index in [-0.39, 0.29) is 5.75 Å². The number of phenols is 1. The van der Waals surface area contributed by atoms with Gasteiger partial charge in [-0.25, -0.2) is 10.2 Å². The summed E-state index contributed by atoms with van der Waals surface area (Å²) in [5.41, 5.74) is 7.58. The van der Waals surface area contributed by atoms with Gasteiger partial charge in [0.05, 0.1) is 6.21 Å². The van der Waals surface area contributed by atoms with Crippen LogP contribution >= 0.6 is 22.6 Å². The Morgan fingerprint density at radius 3 is 3.00 bits per heavy atom. The molecule has 6 heteroatoms. The van der Waals surface area contributed by atoms with E-state index in [1.54, 1.807) is 12.1 Å². The van der Waals surface area contributed by atoms with E-state index in [4.69, 9.17) is 10.8 Å². The zero-order valence-corrected chi connectivity index (χ0v) is 9.22. The highest BCUT2D eigenvalue weighted by Crippen LogP contribution is 2.16. The van der Waals surface area contributed by atoms with Gasteiger partial charge in [-0.2, -0.15) is 5.10 Å². The standard InChI is InChI=1S/C8H8IN3O2/c9-7-2-1-6(13)3-5(7)4-11-12-8(10)14/h1-4,13H,(H3,10,12,14). The highest BCUT2D eigenvalue weighted by Gasteiger charge is 1.97. The predicted octanol–water partition coefficient (Wildman–Crippen LogP) is 0.999. The molecule has 2 amide bonds. The average molecular weight is 305 g/mol. The van der Waals surface area contributed by atoms with Gasteiger partial charge in [0.15, 0.2) is 0 Å². The molecule has 0 unspecified atom stereocenters. The molecule has 0 saturated carbocycles. The minimum atomic E-state index is -0.726. The Labute approximate surface area is 94.1 Å². The van der Waals surface area contributed by atoms with Crippen molar-refractivity contribution in [3.05, 3.63) is 27.3 Å². The van der Waals surface area contributed by atoms with Gasteiger partial charge in [-0.05, 0) is 40.8 Å². The van der Waals surface area contributed by atoms with Crippen LogP contribution in [0.25, 0.3) is 0 Å². The summed E-state index contributed by atoms with van der Waals surface area (Å²) >= 11 is 2.09. The average Bonchev–Trinajstić information content (AvgIpc) is 2.10. The monoisotopic (exact) mass is 305 g/mol. The molecule has 74 valence electrons. The fourth-order valence-corrected chi connectivity index (χ4v) is 1.27. The smallest absolute Gasteiger partial charge is 0.332 e. The van der Waals surface area contributed by atoms with Crippen LogP contribution in [0.3, 0.4) is 0 Å². The molecule has 1 aromatic rings. The van der Waals surface area contributed by atoms with Crippen molar-refractivity contribution >= 4 is 34.8 Å². The quantitative estimate of drug-likeness (QED) is 0.432. The van der Waals surface area contributed by atoms with Gasteiger partial charge in [0.1, 0.15) is 5.75 Å². The number of benzene rings is 1. The highest BCUT2D eigenvalue weighted by atomic mass is 127. The Kier molecular flexibility index (Phi) is 3.69. The lowest BCUT2D eigenvalue weighted by Gasteiger charge is -1.98. The van der Waals surface area contributed by atoms with Crippen LogP contribution in [0.15, 0.2) is 23.3 Å². The maximum Gasteiger partial charge on any atom is 0.332 e. The van der Waals surface area contributed by atoms with Crippen LogP contribution in [0, 0.1) is 3.57 Å². The number of carbonyl (C=O) groups excluding carboxylic acids is 1. The molecule has 0 aliphatic carbocycles. The van der Waals surface area contributed by atoms with E-state index in [0.29, 0.717) is 5.56 Å². The number of carbonyl (C=O) groups is 1. The van der Waals surface area contributed by atoms with Gasteiger partial charge in [0.2, 0.25) is 0 Å². The molecule has 0 aliphatic heterocycles. The first-order chi connectivity index (χ1) is 6.59. The number of nitrogens with one attached hydrogen (secondary N) is 1. The molecule has 1 rings (SSSR count). The maximum atomic E-state index is 10.3. The molecule has 14 heavy (non-hydrogen) atoms. The van der Waals surface area contributed by atoms with Crippen LogP contribution in [0.5, 0.6) is 5.75 Å². The van der Waals surface area contributed by atoms with Crippen LogP contribution in [-0.4, -0.2) is 17.4 Å². The van der Waals surface area contributed by atoms with Crippen molar-refractivity contribution < 1.29 is 9.90 Å². The largest absolute Gasteiger partial charge is 0.508 e. The zero-order valence-electron chi connectivity index (χ0n) is 7.07. The molecule has 0 atom stereocenters. The summed E-state index contributed by atoms with van der Waals surface area (Å²) in [5, 5.41) is 12.7. The van der Waals surface area contributed by atoms with Gasteiger partial charge in [0.25, 0.3) is 0 Å². The number of aromatic hydroxyl groups is 1. The molecule has 1 aromatic carbocycles. The maximum absolute atomic E-state index is 10.3. The number of hydrogen-bond acceptors (Lipinski definition) is 3. The first-order valence-electron chi connectivity index (χ1n) is 3.66. The predicted molar refractivity (Wildman–Crippen MR) is 61.1 cm³/mol. The molecule has 0 bridgehead atoms. The number of primary amides is 1. The summed E-state index contributed by atoms with van der Waals surface area (Å²) in [6, 6.07) is 4.12. The van der Waals surface area contributed by atoms with Gasteiger partial charge >= 0.3 is 6.03 Å². The summed E-state index contributed by atoms with van der Waals surface area (Å²) < 4.78 is 0.912. The third-order valence-corrected chi connectivity index (χ3v) is 2.34. The van der Waals surface area contributed by atoms with Crippen molar-refractivity contribution in [1.82, 2.24) is 5.43 Å². The second-order valence-electron chi connectivity index (χ2n) is 2.44. The Bertz CT molecular complexity index is 379. The molecule has 0 radical (unpaired) electrons. The van der Waals surface area contributed by atoms with Gasteiger partial charge in [0, 0.05) is 9.13 Å². The number of nitrogens with zero attached hydrogens (tertiary/aromatic N) is 1. The van der Waals surface area contributed by atoms with Gasteiger partial charge in [-0.1, -0.05) is 0 Å². The number of amides is 2. The third-order valence-electron chi connectivity index (χ3n) is 1.36.